The SMILES string of the molecule is C[C@H](CO)NC(=O)c1c(N)nn2ccc(-c3cc4c(c(C5CC5)c3)C(=O)N([C@@H](C)C3CC3)C4)nc12. The van der Waals surface area contributed by atoms with Crippen LogP contribution in [0.2, 0.25) is 0 Å². The van der Waals surface area contributed by atoms with Crippen LogP contribution in [0.1, 0.15) is 77.3 Å². The Morgan fingerprint density at radius 3 is 2.71 bits per heavy atom. The lowest BCUT2D eigenvalue weighted by molar-refractivity contribution is 0.0696. The number of aliphatic hydroxyl groups excluding tert-OH is 1. The first-order chi connectivity index (χ1) is 16.9. The number of fused-ring (bicyclic) bond motifs is 2. The lowest BCUT2D eigenvalue weighted by atomic mass is 9.95. The molecule has 3 aromatic rings. The molecule has 2 fully saturated rings. The van der Waals surface area contributed by atoms with Crippen LogP contribution in [-0.2, 0) is 6.54 Å². The van der Waals surface area contributed by atoms with Gasteiger partial charge in [-0.15, -0.1) is 5.10 Å². The molecule has 0 radical (unpaired) electrons. The van der Waals surface area contributed by atoms with E-state index in [2.05, 4.69) is 29.5 Å². The van der Waals surface area contributed by atoms with E-state index in [9.17, 15) is 14.7 Å². The predicted octanol–water partition coefficient (Wildman–Crippen LogP) is 2.72. The van der Waals surface area contributed by atoms with E-state index in [4.69, 9.17) is 10.7 Å². The van der Waals surface area contributed by atoms with Crippen LogP contribution >= 0.6 is 0 Å². The quantitative estimate of drug-likeness (QED) is 0.483. The highest BCUT2D eigenvalue weighted by Crippen LogP contribution is 2.47. The van der Waals surface area contributed by atoms with Gasteiger partial charge in [-0.1, -0.05) is 0 Å². The van der Waals surface area contributed by atoms with Crippen LogP contribution in [0.3, 0.4) is 0 Å². The smallest absolute Gasteiger partial charge is 0.259 e. The van der Waals surface area contributed by atoms with Crippen molar-refractivity contribution in [3.8, 4) is 11.3 Å². The highest BCUT2D eigenvalue weighted by Gasteiger charge is 2.41. The number of aromatic nitrogens is 3. The van der Waals surface area contributed by atoms with Gasteiger partial charge >= 0.3 is 0 Å². The molecule has 0 unspecified atom stereocenters. The molecule has 2 amide bonds. The van der Waals surface area contributed by atoms with E-state index < -0.39 is 11.9 Å². The van der Waals surface area contributed by atoms with Crippen LogP contribution < -0.4 is 11.1 Å². The van der Waals surface area contributed by atoms with Gasteiger partial charge in [0.1, 0.15) is 5.56 Å². The predicted molar refractivity (Wildman–Crippen MR) is 131 cm³/mol. The van der Waals surface area contributed by atoms with Crippen LogP contribution in [0.25, 0.3) is 16.9 Å². The largest absolute Gasteiger partial charge is 0.394 e. The van der Waals surface area contributed by atoms with Crippen LogP contribution in [-0.4, -0.2) is 55.1 Å². The fraction of sp³-hybridized carbons (Fsp3) is 0.462. The molecule has 1 aliphatic heterocycles. The topological polar surface area (TPSA) is 126 Å². The highest BCUT2D eigenvalue weighted by atomic mass is 16.3. The minimum Gasteiger partial charge on any atom is -0.394 e. The maximum absolute atomic E-state index is 13.4. The summed E-state index contributed by atoms with van der Waals surface area (Å²) in [4.78, 5) is 33.0. The second-order valence-corrected chi connectivity index (χ2v) is 10.3. The molecule has 9 nitrogen and oxygen atoms in total. The van der Waals surface area contributed by atoms with E-state index in [1.165, 1.54) is 17.4 Å². The number of carbonyl (C=O) groups is 2. The Labute approximate surface area is 203 Å². The molecular formula is C26H30N6O3. The zero-order valence-corrected chi connectivity index (χ0v) is 20.0. The van der Waals surface area contributed by atoms with Crippen molar-refractivity contribution >= 4 is 23.3 Å². The summed E-state index contributed by atoms with van der Waals surface area (Å²) in [5, 5.41) is 16.3. The van der Waals surface area contributed by atoms with Gasteiger partial charge in [-0.3, -0.25) is 9.59 Å². The third-order valence-electron chi connectivity index (χ3n) is 7.57. The Balaban J connectivity index is 1.41. The molecule has 4 N–H and O–H groups in total. The van der Waals surface area contributed by atoms with Crippen molar-refractivity contribution < 1.29 is 14.7 Å². The van der Waals surface area contributed by atoms with Crippen LogP contribution in [0.5, 0.6) is 0 Å². The average Bonchev–Trinajstić information content (AvgIpc) is 3.76. The van der Waals surface area contributed by atoms with Gasteiger partial charge < -0.3 is 21.1 Å². The Bertz CT molecular complexity index is 1360. The van der Waals surface area contributed by atoms with Crippen LogP contribution in [0.15, 0.2) is 24.4 Å². The number of nitrogens with zero attached hydrogens (tertiary/aromatic N) is 4. The van der Waals surface area contributed by atoms with Gasteiger partial charge in [0, 0.05) is 36.0 Å². The highest BCUT2D eigenvalue weighted by molar-refractivity contribution is 6.04. The summed E-state index contributed by atoms with van der Waals surface area (Å²) < 4.78 is 1.50. The number of nitrogen functional groups attached to an aromatic ring is 1. The van der Waals surface area contributed by atoms with Gasteiger partial charge in [-0.25, -0.2) is 9.50 Å². The molecule has 3 heterocycles. The first-order valence-corrected chi connectivity index (χ1v) is 12.4. The summed E-state index contributed by atoms with van der Waals surface area (Å²) in [6.07, 6.45) is 6.35. The number of hydrogen-bond acceptors (Lipinski definition) is 6. The summed E-state index contributed by atoms with van der Waals surface area (Å²) in [7, 11) is 0. The fourth-order valence-electron chi connectivity index (χ4n) is 5.20. The van der Waals surface area contributed by atoms with Crippen molar-refractivity contribution in [2.75, 3.05) is 12.3 Å². The molecule has 0 bridgehead atoms. The number of nitrogens with one attached hydrogen (secondary N) is 1. The molecule has 2 atom stereocenters. The molecule has 2 aliphatic carbocycles. The number of aliphatic hydroxyl groups is 1. The van der Waals surface area contributed by atoms with E-state index in [0.29, 0.717) is 29.7 Å². The van der Waals surface area contributed by atoms with Crippen molar-refractivity contribution in [3.05, 3.63) is 46.6 Å². The molecule has 35 heavy (non-hydrogen) atoms. The third kappa shape index (κ3) is 3.74. The zero-order valence-electron chi connectivity index (χ0n) is 20.0. The van der Waals surface area contributed by atoms with Gasteiger partial charge in [0.2, 0.25) is 0 Å². The lowest BCUT2D eigenvalue weighted by Gasteiger charge is -2.24. The number of hydrogen-bond donors (Lipinski definition) is 3. The number of benzene rings is 1. The number of nitrogens with two attached hydrogens (primary N) is 1. The molecule has 1 aromatic carbocycles. The number of anilines is 1. The second-order valence-electron chi connectivity index (χ2n) is 10.3. The van der Waals surface area contributed by atoms with Gasteiger partial charge in [-0.05, 0) is 80.7 Å². The monoisotopic (exact) mass is 474 g/mol. The van der Waals surface area contributed by atoms with Crippen molar-refractivity contribution in [1.29, 1.82) is 0 Å². The van der Waals surface area contributed by atoms with Gasteiger partial charge in [0.25, 0.3) is 11.8 Å². The number of rotatable bonds is 7. The lowest BCUT2D eigenvalue weighted by Crippen LogP contribution is -2.35. The minimum absolute atomic E-state index is 0.0835. The average molecular weight is 475 g/mol. The Morgan fingerprint density at radius 2 is 2.03 bits per heavy atom. The Kier molecular flexibility index (Phi) is 5.07. The van der Waals surface area contributed by atoms with Crippen molar-refractivity contribution in [2.45, 2.75) is 64.1 Å². The maximum Gasteiger partial charge on any atom is 0.259 e. The number of carbonyl (C=O) groups excluding carboxylic acids is 2. The summed E-state index contributed by atoms with van der Waals surface area (Å²) >= 11 is 0. The Hall–Kier alpha value is -3.46. The molecule has 182 valence electrons. The summed E-state index contributed by atoms with van der Waals surface area (Å²) in [5.41, 5.74) is 11.3. The van der Waals surface area contributed by atoms with E-state index in [0.717, 1.165) is 35.1 Å². The standard InChI is InChI=1S/C26H30N6O3/c1-13(12-33)28-25(34)22-23(27)30-32-8-7-20(29-24(22)32)17-9-18-11-31(14(2)15-3-4-15)26(35)21(18)19(10-17)16-5-6-16/h7-10,13-16,33H,3-6,11-12H2,1-2H3,(H2,27,30)(H,28,34)/t13-,14+/m1/s1. The molecule has 2 aromatic heterocycles. The van der Waals surface area contributed by atoms with E-state index in [1.807, 2.05) is 11.0 Å². The van der Waals surface area contributed by atoms with Gasteiger partial charge in [0.05, 0.1) is 12.3 Å². The molecule has 6 rings (SSSR count). The molecule has 2 saturated carbocycles. The molecule has 3 aliphatic rings. The van der Waals surface area contributed by atoms with E-state index in [-0.39, 0.29) is 29.9 Å². The minimum atomic E-state index is -0.424. The van der Waals surface area contributed by atoms with Crippen molar-refractivity contribution in [3.63, 3.8) is 0 Å². The first kappa shape index (κ1) is 22.0. The molecule has 0 saturated heterocycles. The van der Waals surface area contributed by atoms with Crippen LogP contribution in [0, 0.1) is 5.92 Å². The van der Waals surface area contributed by atoms with E-state index >= 15 is 0 Å². The fourth-order valence-corrected chi connectivity index (χ4v) is 5.20. The first-order valence-electron chi connectivity index (χ1n) is 12.4. The normalized spacial score (nSPS) is 19.2. The van der Waals surface area contributed by atoms with Crippen molar-refractivity contribution in [1.82, 2.24) is 24.8 Å². The molecule has 9 heteroatoms. The van der Waals surface area contributed by atoms with Gasteiger partial charge in [-0.2, -0.15) is 0 Å². The number of amides is 2. The Morgan fingerprint density at radius 1 is 1.26 bits per heavy atom. The van der Waals surface area contributed by atoms with Crippen molar-refractivity contribution in [2.24, 2.45) is 5.92 Å². The maximum atomic E-state index is 13.4. The van der Waals surface area contributed by atoms with E-state index in [1.54, 1.807) is 13.1 Å². The summed E-state index contributed by atoms with van der Waals surface area (Å²) in [5.74, 6) is 0.856. The summed E-state index contributed by atoms with van der Waals surface area (Å²) in [6, 6.07) is 5.88. The third-order valence-corrected chi connectivity index (χ3v) is 7.57. The second kappa shape index (κ2) is 8.05. The molecular weight excluding hydrogens is 444 g/mol. The summed E-state index contributed by atoms with van der Waals surface area (Å²) in [6.45, 7) is 4.33. The molecule has 0 spiro atoms. The van der Waals surface area contributed by atoms with Crippen LogP contribution in [0.4, 0.5) is 5.82 Å². The van der Waals surface area contributed by atoms with Gasteiger partial charge in [0.15, 0.2) is 11.5 Å². The zero-order chi connectivity index (χ0) is 24.4.